The van der Waals surface area contributed by atoms with Crippen LogP contribution in [0.15, 0.2) is 70.7 Å². The molecule has 6 heteroatoms. The predicted octanol–water partition coefficient (Wildman–Crippen LogP) is 5.31. The summed E-state index contributed by atoms with van der Waals surface area (Å²) in [6.07, 6.45) is 0.882. The molecule has 1 N–H and O–H groups in total. The number of anilines is 1. The molecule has 3 aromatic rings. The molecule has 1 aromatic heterocycles. The fourth-order valence-corrected chi connectivity index (χ4v) is 3.88. The lowest BCUT2D eigenvalue weighted by atomic mass is 9.98. The van der Waals surface area contributed by atoms with E-state index >= 15 is 0 Å². The van der Waals surface area contributed by atoms with Gasteiger partial charge in [-0.2, -0.15) is 0 Å². The van der Waals surface area contributed by atoms with Crippen LogP contribution in [-0.4, -0.2) is 23.4 Å². The number of aryl methyl sites for hydroxylation is 2. The summed E-state index contributed by atoms with van der Waals surface area (Å²) in [6, 6.07) is 16.7. The van der Waals surface area contributed by atoms with E-state index in [9.17, 15) is 14.7 Å². The van der Waals surface area contributed by atoms with Crippen LogP contribution in [0.5, 0.6) is 5.75 Å². The number of rotatable bonds is 6. The van der Waals surface area contributed by atoms with Gasteiger partial charge in [0.2, 0.25) is 0 Å². The van der Waals surface area contributed by atoms with E-state index in [1.54, 1.807) is 61.5 Å². The number of amides is 1. The molecule has 1 aliphatic rings. The van der Waals surface area contributed by atoms with E-state index < -0.39 is 17.7 Å². The number of Topliss-reactive ketones (excluding diaryl/α,β-unsaturated/α-hetero) is 1. The molecule has 0 spiro atoms. The number of carbonyl (C=O) groups excluding carboxylic acids is 2. The minimum absolute atomic E-state index is 0.00479. The highest BCUT2D eigenvalue weighted by atomic mass is 16.5. The maximum atomic E-state index is 13.1. The zero-order chi connectivity index (χ0) is 22.8. The predicted molar refractivity (Wildman–Crippen MR) is 122 cm³/mol. The summed E-state index contributed by atoms with van der Waals surface area (Å²) < 4.78 is 11.5. The molecule has 32 heavy (non-hydrogen) atoms. The van der Waals surface area contributed by atoms with Gasteiger partial charge in [-0.05, 0) is 68.3 Å². The topological polar surface area (TPSA) is 80.0 Å². The van der Waals surface area contributed by atoms with Crippen molar-refractivity contribution in [2.24, 2.45) is 0 Å². The van der Waals surface area contributed by atoms with Gasteiger partial charge in [0.25, 0.3) is 11.7 Å². The largest absolute Gasteiger partial charge is 0.507 e. The smallest absolute Gasteiger partial charge is 0.300 e. The van der Waals surface area contributed by atoms with Gasteiger partial charge in [-0.3, -0.25) is 14.5 Å². The molecule has 164 valence electrons. The Balaban J connectivity index is 1.85. The maximum Gasteiger partial charge on any atom is 0.300 e. The lowest BCUT2D eigenvalue weighted by molar-refractivity contribution is -0.132. The quantitative estimate of drug-likeness (QED) is 0.325. The summed E-state index contributed by atoms with van der Waals surface area (Å²) in [4.78, 5) is 27.5. The van der Waals surface area contributed by atoms with Crippen LogP contribution in [0.2, 0.25) is 0 Å². The van der Waals surface area contributed by atoms with E-state index in [0.717, 1.165) is 12.0 Å². The molecule has 1 unspecified atom stereocenters. The normalized spacial score (nSPS) is 17.7. The summed E-state index contributed by atoms with van der Waals surface area (Å²) in [6.45, 7) is 6.28. The third kappa shape index (κ3) is 3.80. The molecule has 0 radical (unpaired) electrons. The lowest BCUT2D eigenvalue weighted by Gasteiger charge is -2.23. The molecule has 6 nitrogen and oxygen atoms in total. The Labute approximate surface area is 186 Å². The second-order valence-electron chi connectivity index (χ2n) is 7.78. The summed E-state index contributed by atoms with van der Waals surface area (Å²) >= 11 is 0. The van der Waals surface area contributed by atoms with Crippen molar-refractivity contribution in [1.82, 2.24) is 0 Å². The summed E-state index contributed by atoms with van der Waals surface area (Å²) in [5.41, 5.74) is 1.80. The molecule has 1 saturated heterocycles. The van der Waals surface area contributed by atoms with E-state index in [1.165, 1.54) is 4.90 Å². The Bertz CT molecular complexity index is 1190. The summed E-state index contributed by atoms with van der Waals surface area (Å²) in [7, 11) is 0. The van der Waals surface area contributed by atoms with Crippen molar-refractivity contribution in [2.45, 2.75) is 33.2 Å². The van der Waals surface area contributed by atoms with Crippen LogP contribution in [0.25, 0.3) is 5.76 Å². The summed E-state index contributed by atoms with van der Waals surface area (Å²) in [5.74, 6) is 0.0572. The number of ether oxygens (including phenoxy) is 1. The number of benzene rings is 2. The molecule has 2 heterocycles. The van der Waals surface area contributed by atoms with Crippen LogP contribution in [0.4, 0.5) is 5.69 Å². The number of aliphatic hydroxyl groups excluding tert-OH is 1. The van der Waals surface area contributed by atoms with Gasteiger partial charge < -0.3 is 14.3 Å². The van der Waals surface area contributed by atoms with E-state index in [0.29, 0.717) is 35.1 Å². The molecule has 1 aliphatic heterocycles. The molecular weight excluding hydrogens is 406 g/mol. The van der Waals surface area contributed by atoms with E-state index in [4.69, 9.17) is 9.15 Å². The Morgan fingerprint density at radius 2 is 1.81 bits per heavy atom. The van der Waals surface area contributed by atoms with Gasteiger partial charge in [0, 0.05) is 11.3 Å². The SMILES string of the molecule is CCCOc1ccc(/C(O)=C2/C(=O)C(=O)N(c3ccccc3)C2c2ccc(C)o2)cc1C. The van der Waals surface area contributed by atoms with Gasteiger partial charge in [-0.25, -0.2) is 0 Å². The molecule has 4 rings (SSSR count). The fraction of sp³-hybridized carbons (Fsp3) is 0.231. The van der Waals surface area contributed by atoms with Crippen molar-refractivity contribution < 1.29 is 23.8 Å². The average molecular weight is 431 g/mol. The van der Waals surface area contributed by atoms with Crippen LogP contribution in [0.3, 0.4) is 0 Å². The standard InChI is InChI=1S/C26H25NO5/c1-4-14-31-20-13-11-18(15-16(20)2)24(28)22-23(21-12-10-17(3)32-21)27(26(30)25(22)29)19-8-6-5-7-9-19/h5-13,15,23,28H,4,14H2,1-3H3/b24-22-. The number of para-hydroxylation sites is 1. The van der Waals surface area contributed by atoms with Crippen LogP contribution >= 0.6 is 0 Å². The Morgan fingerprint density at radius 1 is 1.06 bits per heavy atom. The highest BCUT2D eigenvalue weighted by molar-refractivity contribution is 6.51. The third-order valence-electron chi connectivity index (χ3n) is 5.42. The molecule has 0 aliphatic carbocycles. The van der Waals surface area contributed by atoms with Crippen molar-refractivity contribution in [3.63, 3.8) is 0 Å². The Kier molecular flexibility index (Phi) is 5.86. The Morgan fingerprint density at radius 3 is 2.44 bits per heavy atom. The minimum atomic E-state index is -0.873. The van der Waals surface area contributed by atoms with Crippen molar-refractivity contribution in [2.75, 3.05) is 11.5 Å². The van der Waals surface area contributed by atoms with Crippen molar-refractivity contribution in [3.8, 4) is 5.75 Å². The van der Waals surface area contributed by atoms with Crippen LogP contribution in [0, 0.1) is 13.8 Å². The van der Waals surface area contributed by atoms with Gasteiger partial charge >= 0.3 is 0 Å². The molecule has 1 atom stereocenters. The number of furan rings is 1. The number of aliphatic hydroxyl groups is 1. The van der Waals surface area contributed by atoms with E-state index in [-0.39, 0.29) is 11.3 Å². The maximum absolute atomic E-state index is 13.1. The van der Waals surface area contributed by atoms with Crippen molar-refractivity contribution >= 4 is 23.1 Å². The number of hydrogen-bond acceptors (Lipinski definition) is 5. The van der Waals surface area contributed by atoms with Crippen LogP contribution in [0.1, 0.15) is 42.0 Å². The van der Waals surface area contributed by atoms with Gasteiger partial charge in [-0.1, -0.05) is 25.1 Å². The lowest BCUT2D eigenvalue weighted by Crippen LogP contribution is -2.29. The molecule has 1 fully saturated rings. The third-order valence-corrected chi connectivity index (χ3v) is 5.42. The first-order valence-electron chi connectivity index (χ1n) is 10.6. The first kappa shape index (κ1) is 21.4. The van der Waals surface area contributed by atoms with Crippen molar-refractivity contribution in [1.29, 1.82) is 0 Å². The number of carbonyl (C=O) groups is 2. The number of nitrogens with zero attached hydrogens (tertiary/aromatic N) is 1. The zero-order valence-corrected chi connectivity index (χ0v) is 18.3. The first-order chi connectivity index (χ1) is 15.4. The van der Waals surface area contributed by atoms with Gasteiger partial charge in [-0.15, -0.1) is 0 Å². The highest BCUT2D eigenvalue weighted by Crippen LogP contribution is 2.42. The van der Waals surface area contributed by atoms with Crippen LogP contribution in [-0.2, 0) is 9.59 Å². The summed E-state index contributed by atoms with van der Waals surface area (Å²) in [5, 5.41) is 11.2. The molecular formula is C26H25NO5. The molecule has 2 aromatic carbocycles. The van der Waals surface area contributed by atoms with Gasteiger partial charge in [0.1, 0.15) is 29.1 Å². The number of hydrogen-bond donors (Lipinski definition) is 1. The second kappa shape index (κ2) is 8.75. The minimum Gasteiger partial charge on any atom is -0.507 e. The van der Waals surface area contributed by atoms with Crippen molar-refractivity contribution in [3.05, 3.63) is 88.9 Å². The molecule has 0 bridgehead atoms. The highest BCUT2D eigenvalue weighted by Gasteiger charge is 2.48. The van der Waals surface area contributed by atoms with E-state index in [2.05, 4.69) is 0 Å². The second-order valence-corrected chi connectivity index (χ2v) is 7.78. The monoisotopic (exact) mass is 431 g/mol. The van der Waals surface area contributed by atoms with Crippen LogP contribution < -0.4 is 9.64 Å². The Hall–Kier alpha value is -3.80. The fourth-order valence-electron chi connectivity index (χ4n) is 3.88. The molecule has 1 amide bonds. The van der Waals surface area contributed by atoms with Gasteiger partial charge in [0.15, 0.2) is 0 Å². The van der Waals surface area contributed by atoms with E-state index in [1.807, 2.05) is 19.9 Å². The van der Waals surface area contributed by atoms with Gasteiger partial charge in [0.05, 0.1) is 12.2 Å². The zero-order valence-electron chi connectivity index (χ0n) is 18.3. The first-order valence-corrected chi connectivity index (χ1v) is 10.6. The molecule has 0 saturated carbocycles. The average Bonchev–Trinajstić information content (AvgIpc) is 3.34. The number of ketones is 1.